The van der Waals surface area contributed by atoms with E-state index in [1.54, 1.807) is 4.72 Å². The number of rotatable bonds is 4. The van der Waals surface area contributed by atoms with Gasteiger partial charge in [-0.3, -0.25) is 0 Å². The smallest absolute Gasteiger partial charge is 0.421 e. The first kappa shape index (κ1) is 12.4. The Labute approximate surface area is 84.6 Å². The molecule has 0 aromatic heterocycles. The molecule has 0 atom stereocenters. The van der Waals surface area contributed by atoms with Crippen LogP contribution in [0.15, 0.2) is 11.1 Å². The molecule has 0 rings (SSSR count). The summed E-state index contributed by atoms with van der Waals surface area (Å²) in [6.45, 7) is 3.40. The molecule has 0 aliphatic rings. The Kier molecular flexibility index (Phi) is 4.96. The summed E-state index contributed by atoms with van der Waals surface area (Å²) < 4.78 is 30.0. The summed E-state index contributed by atoms with van der Waals surface area (Å²) in [5.41, 5.74) is 0. The van der Waals surface area contributed by atoms with Crippen molar-refractivity contribution < 1.29 is 17.9 Å². The number of carbonyl (C=O) groups is 1. The number of methoxy groups -OCH3 is 1. The van der Waals surface area contributed by atoms with Crippen LogP contribution in [0.2, 0.25) is 0 Å². The Morgan fingerprint density at radius 1 is 1.62 bits per heavy atom. The Balaban J connectivity index is 4.10. The number of carbonyl (C=O) groups excluding carboxylic acids is 1. The first-order chi connectivity index (χ1) is 5.87. The minimum absolute atomic E-state index is 0.00761. The van der Waals surface area contributed by atoms with E-state index in [4.69, 9.17) is 0 Å². The lowest BCUT2D eigenvalue weighted by Crippen LogP contribution is -2.40. The predicted octanol–water partition coefficient (Wildman–Crippen LogP) is 0.0854. The summed E-state index contributed by atoms with van der Waals surface area (Å²) in [5.74, 6) is 0. The molecular formula is C5H9BrN2O4S. The third kappa shape index (κ3) is 6.55. The molecule has 0 saturated carbocycles. The molecule has 0 saturated heterocycles. The molecule has 0 fully saturated rings. The van der Waals surface area contributed by atoms with Crippen LogP contribution in [0.25, 0.3) is 0 Å². The molecule has 6 nitrogen and oxygen atoms in total. The lowest BCUT2D eigenvalue weighted by atomic mass is 10.7. The molecule has 76 valence electrons. The van der Waals surface area contributed by atoms with Crippen LogP contribution in [0.4, 0.5) is 4.79 Å². The highest BCUT2D eigenvalue weighted by Crippen LogP contribution is 1.97. The van der Waals surface area contributed by atoms with Crippen molar-refractivity contribution in [1.82, 2.24) is 9.44 Å². The zero-order valence-corrected chi connectivity index (χ0v) is 9.24. The normalized spacial score (nSPS) is 10.6. The minimum Gasteiger partial charge on any atom is -0.452 e. The van der Waals surface area contributed by atoms with Crippen LogP contribution in [0, 0.1) is 0 Å². The Morgan fingerprint density at radius 3 is 2.54 bits per heavy atom. The Hall–Kier alpha value is -0.600. The van der Waals surface area contributed by atoms with E-state index >= 15 is 0 Å². The standard InChI is InChI=1S/C5H9BrN2O4S/c1-4(6)3-7-13(10,11)8-5(9)12-2/h7H,1,3H2,2H3,(H,8,9). The molecule has 0 spiro atoms. The van der Waals surface area contributed by atoms with Crippen molar-refractivity contribution in [2.24, 2.45) is 0 Å². The van der Waals surface area contributed by atoms with E-state index in [1.165, 1.54) is 0 Å². The van der Waals surface area contributed by atoms with Crippen LogP contribution in [-0.2, 0) is 14.9 Å². The lowest BCUT2D eigenvalue weighted by Gasteiger charge is -2.05. The molecule has 0 aromatic rings. The quantitative estimate of drug-likeness (QED) is 0.760. The van der Waals surface area contributed by atoms with E-state index in [2.05, 4.69) is 27.2 Å². The maximum atomic E-state index is 10.9. The van der Waals surface area contributed by atoms with Gasteiger partial charge in [-0.25, -0.2) is 9.52 Å². The minimum atomic E-state index is -3.85. The number of halogens is 1. The van der Waals surface area contributed by atoms with Crippen LogP contribution in [-0.4, -0.2) is 28.2 Å². The van der Waals surface area contributed by atoms with E-state index in [-0.39, 0.29) is 6.54 Å². The van der Waals surface area contributed by atoms with Gasteiger partial charge in [0.15, 0.2) is 0 Å². The zero-order chi connectivity index (χ0) is 10.5. The van der Waals surface area contributed by atoms with Crippen LogP contribution in [0.5, 0.6) is 0 Å². The second-order valence-corrected chi connectivity index (χ2v) is 4.56. The molecule has 0 aromatic carbocycles. The first-order valence-corrected chi connectivity index (χ1v) is 5.33. The van der Waals surface area contributed by atoms with Gasteiger partial charge < -0.3 is 4.74 Å². The fourth-order valence-corrected chi connectivity index (χ4v) is 1.43. The molecule has 0 radical (unpaired) electrons. The average Bonchev–Trinajstić information content (AvgIpc) is 2.00. The van der Waals surface area contributed by atoms with Crippen LogP contribution in [0.1, 0.15) is 0 Å². The molecule has 8 heteroatoms. The van der Waals surface area contributed by atoms with Gasteiger partial charge in [-0.1, -0.05) is 22.5 Å². The monoisotopic (exact) mass is 272 g/mol. The molecule has 2 N–H and O–H groups in total. The second kappa shape index (κ2) is 5.20. The van der Waals surface area contributed by atoms with Crippen molar-refractivity contribution in [3.8, 4) is 0 Å². The van der Waals surface area contributed by atoms with Crippen molar-refractivity contribution in [2.45, 2.75) is 0 Å². The molecular weight excluding hydrogens is 264 g/mol. The number of hydrogen-bond donors (Lipinski definition) is 2. The van der Waals surface area contributed by atoms with Gasteiger partial charge in [-0.15, -0.1) is 0 Å². The largest absolute Gasteiger partial charge is 0.452 e. The van der Waals surface area contributed by atoms with Gasteiger partial charge in [0.1, 0.15) is 0 Å². The molecule has 1 amide bonds. The van der Waals surface area contributed by atoms with Crippen molar-refractivity contribution in [1.29, 1.82) is 0 Å². The fraction of sp³-hybridized carbons (Fsp3) is 0.400. The average molecular weight is 273 g/mol. The molecule has 0 aliphatic heterocycles. The Bertz CT molecular complexity index is 300. The third-order valence-corrected chi connectivity index (χ3v) is 2.10. The SMILES string of the molecule is C=C(Br)CNS(=O)(=O)NC(=O)OC. The van der Waals surface area contributed by atoms with E-state index in [0.717, 1.165) is 7.11 Å². The van der Waals surface area contributed by atoms with Crippen molar-refractivity contribution in [2.75, 3.05) is 13.7 Å². The topological polar surface area (TPSA) is 84.5 Å². The van der Waals surface area contributed by atoms with Crippen molar-refractivity contribution in [3.05, 3.63) is 11.1 Å². The van der Waals surface area contributed by atoms with Gasteiger partial charge >= 0.3 is 16.3 Å². The Morgan fingerprint density at radius 2 is 2.15 bits per heavy atom. The van der Waals surface area contributed by atoms with Crippen LogP contribution >= 0.6 is 15.9 Å². The summed E-state index contributed by atoms with van der Waals surface area (Å²) in [5, 5.41) is 0. The number of ether oxygens (including phenoxy) is 1. The molecule has 0 aliphatic carbocycles. The molecule has 0 heterocycles. The van der Waals surface area contributed by atoms with E-state index in [1.807, 2.05) is 4.72 Å². The maximum absolute atomic E-state index is 10.9. The van der Waals surface area contributed by atoms with Crippen LogP contribution in [0.3, 0.4) is 0 Å². The van der Waals surface area contributed by atoms with Gasteiger partial charge in [0.05, 0.1) is 7.11 Å². The lowest BCUT2D eigenvalue weighted by molar-refractivity contribution is 0.177. The summed E-state index contributed by atoms with van der Waals surface area (Å²) in [6, 6.07) is 0. The fourth-order valence-electron chi connectivity index (χ4n) is 0.361. The predicted molar refractivity (Wildman–Crippen MR) is 50.5 cm³/mol. The number of hydrogen-bond acceptors (Lipinski definition) is 4. The zero-order valence-electron chi connectivity index (χ0n) is 6.83. The van der Waals surface area contributed by atoms with E-state index < -0.39 is 16.3 Å². The summed E-state index contributed by atoms with van der Waals surface area (Å²) in [4.78, 5) is 10.5. The van der Waals surface area contributed by atoms with Crippen molar-refractivity contribution in [3.63, 3.8) is 0 Å². The second-order valence-electron chi connectivity index (χ2n) is 1.94. The van der Waals surface area contributed by atoms with Crippen molar-refractivity contribution >= 4 is 32.2 Å². The van der Waals surface area contributed by atoms with E-state index in [0.29, 0.717) is 4.48 Å². The van der Waals surface area contributed by atoms with Gasteiger partial charge in [-0.2, -0.15) is 13.1 Å². The first-order valence-electron chi connectivity index (χ1n) is 3.06. The third-order valence-electron chi connectivity index (χ3n) is 0.857. The molecule has 13 heavy (non-hydrogen) atoms. The molecule has 0 unspecified atom stereocenters. The van der Waals surface area contributed by atoms with Gasteiger partial charge in [0.2, 0.25) is 0 Å². The summed E-state index contributed by atoms with van der Waals surface area (Å²) in [6.07, 6.45) is -1.05. The summed E-state index contributed by atoms with van der Waals surface area (Å²) >= 11 is 2.94. The van der Waals surface area contributed by atoms with Gasteiger partial charge in [0.25, 0.3) is 0 Å². The van der Waals surface area contributed by atoms with Gasteiger partial charge in [0, 0.05) is 11.0 Å². The maximum Gasteiger partial charge on any atom is 0.421 e. The number of nitrogens with one attached hydrogen (secondary N) is 2. The molecule has 0 bridgehead atoms. The number of amides is 1. The van der Waals surface area contributed by atoms with Crippen LogP contribution < -0.4 is 9.44 Å². The highest BCUT2D eigenvalue weighted by molar-refractivity contribution is 9.11. The van der Waals surface area contributed by atoms with Gasteiger partial charge in [-0.05, 0) is 0 Å². The summed E-state index contributed by atoms with van der Waals surface area (Å²) in [7, 11) is -2.79. The highest BCUT2D eigenvalue weighted by Gasteiger charge is 2.13. The van der Waals surface area contributed by atoms with E-state index in [9.17, 15) is 13.2 Å². The highest BCUT2D eigenvalue weighted by atomic mass is 79.9.